The minimum absolute atomic E-state index is 0. The van der Waals surface area contributed by atoms with Crippen LogP contribution in [0.5, 0.6) is 0 Å². The van der Waals surface area contributed by atoms with Crippen LogP contribution in [0.15, 0.2) is 97.3 Å². The SMILES string of the molecule is Cc1n([C@H]2CC[C@@H](C(C(N)=O)(c3ccccc3)c3ccccc3)C2)cc[n+]1Cc1ccc(F)cc1.[Br-]. The van der Waals surface area contributed by atoms with Crippen molar-refractivity contribution in [2.75, 3.05) is 0 Å². The number of carbonyl (C=O) groups excluding carboxylic acids is 1. The molecule has 1 aromatic heterocycles. The normalized spacial score (nSPS) is 17.5. The van der Waals surface area contributed by atoms with Gasteiger partial charge in [0.15, 0.2) is 0 Å². The van der Waals surface area contributed by atoms with Crippen LogP contribution in [0, 0.1) is 18.7 Å². The number of primary amides is 1. The first-order valence-corrected chi connectivity index (χ1v) is 12.2. The molecule has 36 heavy (non-hydrogen) atoms. The fraction of sp³-hybridized carbons (Fsp3) is 0.267. The van der Waals surface area contributed by atoms with Crippen LogP contribution in [-0.4, -0.2) is 10.5 Å². The van der Waals surface area contributed by atoms with Gasteiger partial charge in [0.2, 0.25) is 5.91 Å². The summed E-state index contributed by atoms with van der Waals surface area (Å²) in [6.07, 6.45) is 6.96. The quantitative estimate of drug-likeness (QED) is 0.354. The number of aromatic nitrogens is 2. The van der Waals surface area contributed by atoms with Crippen LogP contribution in [0.25, 0.3) is 0 Å². The zero-order valence-electron chi connectivity index (χ0n) is 20.4. The van der Waals surface area contributed by atoms with Crippen LogP contribution in [0.3, 0.4) is 0 Å². The molecule has 0 bridgehead atoms. The molecule has 1 aliphatic carbocycles. The number of imidazole rings is 1. The fourth-order valence-electron chi connectivity index (χ4n) is 5.99. The van der Waals surface area contributed by atoms with E-state index in [9.17, 15) is 9.18 Å². The van der Waals surface area contributed by atoms with Crippen LogP contribution in [-0.2, 0) is 16.8 Å². The lowest BCUT2D eigenvalue weighted by Gasteiger charge is -2.37. The van der Waals surface area contributed by atoms with Gasteiger partial charge >= 0.3 is 0 Å². The Kier molecular flexibility index (Phi) is 7.74. The summed E-state index contributed by atoms with van der Waals surface area (Å²) in [5, 5.41) is 0. The maximum Gasteiger partial charge on any atom is 0.253 e. The first kappa shape index (κ1) is 25.8. The summed E-state index contributed by atoms with van der Waals surface area (Å²) in [7, 11) is 0. The van der Waals surface area contributed by atoms with Gasteiger partial charge in [-0.05, 0) is 54.0 Å². The van der Waals surface area contributed by atoms with Crippen molar-refractivity contribution < 1.29 is 30.7 Å². The number of nitrogens with two attached hydrogens (primary N) is 1. The molecule has 1 fully saturated rings. The topological polar surface area (TPSA) is 51.9 Å². The van der Waals surface area contributed by atoms with Gasteiger partial charge in [-0.1, -0.05) is 72.8 Å². The molecule has 4 aromatic rings. The standard InChI is InChI=1S/C30H30FN3O.BrH/c1-22-33(21-23-12-15-27(31)16-13-23)18-19-34(22)28-17-14-26(20-28)30(29(32)35,24-8-4-2-5-9-24)25-10-6-3-7-11-25;/h2-13,15-16,18-19,26,28H,14,17,20-21H2,1H3,(H-,32,35);1H/t26-,28+;/m1./s1. The summed E-state index contributed by atoms with van der Waals surface area (Å²) in [6, 6.07) is 26.9. The summed E-state index contributed by atoms with van der Waals surface area (Å²) in [5.41, 5.74) is 8.36. The van der Waals surface area contributed by atoms with E-state index in [4.69, 9.17) is 5.73 Å². The average Bonchev–Trinajstić information content (AvgIpc) is 3.49. The number of benzene rings is 3. The lowest BCUT2D eigenvalue weighted by Crippen LogP contribution is -3.00. The maximum atomic E-state index is 13.3. The molecule has 0 spiro atoms. The van der Waals surface area contributed by atoms with Crippen molar-refractivity contribution in [3.63, 3.8) is 0 Å². The highest BCUT2D eigenvalue weighted by atomic mass is 79.9. The minimum atomic E-state index is -0.873. The van der Waals surface area contributed by atoms with Crippen LogP contribution >= 0.6 is 0 Å². The largest absolute Gasteiger partial charge is 1.00 e. The van der Waals surface area contributed by atoms with Gasteiger partial charge in [-0.25, -0.2) is 13.5 Å². The van der Waals surface area contributed by atoms with E-state index in [0.29, 0.717) is 6.54 Å². The molecule has 1 saturated carbocycles. The lowest BCUT2D eigenvalue weighted by atomic mass is 9.64. The van der Waals surface area contributed by atoms with Crippen molar-refractivity contribution >= 4 is 5.91 Å². The van der Waals surface area contributed by atoms with Gasteiger partial charge in [-0.3, -0.25) is 4.79 Å². The predicted molar refractivity (Wildman–Crippen MR) is 134 cm³/mol. The zero-order valence-corrected chi connectivity index (χ0v) is 21.9. The van der Waals surface area contributed by atoms with Gasteiger partial charge in [0, 0.05) is 6.92 Å². The fourth-order valence-corrected chi connectivity index (χ4v) is 5.99. The summed E-state index contributed by atoms with van der Waals surface area (Å²) >= 11 is 0. The molecular formula is C30H31BrFN3O. The Bertz CT molecular complexity index is 1270. The molecule has 0 radical (unpaired) electrons. The highest BCUT2D eigenvalue weighted by Gasteiger charge is 2.51. The summed E-state index contributed by atoms with van der Waals surface area (Å²) in [5.74, 6) is 0.710. The van der Waals surface area contributed by atoms with Gasteiger partial charge in [0.05, 0.1) is 0 Å². The highest BCUT2D eigenvalue weighted by molar-refractivity contribution is 5.91. The summed E-state index contributed by atoms with van der Waals surface area (Å²) in [4.78, 5) is 13.3. The van der Waals surface area contributed by atoms with Gasteiger partial charge in [0.25, 0.3) is 5.82 Å². The Morgan fingerprint density at radius 1 is 0.972 bits per heavy atom. The number of rotatable bonds is 7. The molecule has 0 aliphatic heterocycles. The third-order valence-electron chi connectivity index (χ3n) is 7.72. The second kappa shape index (κ2) is 10.8. The summed E-state index contributed by atoms with van der Waals surface area (Å²) < 4.78 is 17.8. The Labute approximate surface area is 222 Å². The molecule has 2 atom stereocenters. The minimum Gasteiger partial charge on any atom is -1.00 e. The molecule has 0 saturated heterocycles. The second-order valence-electron chi connectivity index (χ2n) is 9.58. The summed E-state index contributed by atoms with van der Waals surface area (Å²) in [6.45, 7) is 2.81. The van der Waals surface area contributed by atoms with E-state index in [1.165, 1.54) is 12.1 Å². The van der Waals surface area contributed by atoms with E-state index < -0.39 is 5.41 Å². The van der Waals surface area contributed by atoms with E-state index in [1.54, 1.807) is 0 Å². The van der Waals surface area contributed by atoms with E-state index >= 15 is 0 Å². The monoisotopic (exact) mass is 547 g/mol. The number of nitrogens with zero attached hydrogens (tertiary/aromatic N) is 2. The molecule has 0 unspecified atom stereocenters. The number of hydrogen-bond donors (Lipinski definition) is 1. The molecule has 4 nitrogen and oxygen atoms in total. The van der Waals surface area contributed by atoms with E-state index in [2.05, 4.69) is 28.5 Å². The third-order valence-corrected chi connectivity index (χ3v) is 7.72. The highest BCUT2D eigenvalue weighted by Crippen LogP contribution is 2.49. The Hall–Kier alpha value is -3.25. The predicted octanol–water partition coefficient (Wildman–Crippen LogP) is 2.09. The molecule has 2 N–H and O–H groups in total. The molecule has 5 rings (SSSR count). The Morgan fingerprint density at radius 2 is 1.56 bits per heavy atom. The van der Waals surface area contributed by atoms with Crippen LogP contribution < -0.4 is 27.3 Å². The molecule has 6 heteroatoms. The number of amides is 1. The van der Waals surface area contributed by atoms with Crippen LogP contribution in [0.1, 0.15) is 47.8 Å². The Balaban J connectivity index is 0.00000304. The van der Waals surface area contributed by atoms with Crippen molar-refractivity contribution in [3.8, 4) is 0 Å². The number of hydrogen-bond acceptors (Lipinski definition) is 1. The second-order valence-corrected chi connectivity index (χ2v) is 9.58. The molecule has 186 valence electrons. The molecule has 3 aromatic carbocycles. The van der Waals surface area contributed by atoms with Gasteiger partial charge in [0.1, 0.15) is 36.2 Å². The van der Waals surface area contributed by atoms with E-state index in [-0.39, 0.29) is 40.7 Å². The van der Waals surface area contributed by atoms with Crippen molar-refractivity contribution in [1.29, 1.82) is 0 Å². The first-order valence-electron chi connectivity index (χ1n) is 12.2. The van der Waals surface area contributed by atoms with E-state index in [0.717, 1.165) is 41.8 Å². The van der Waals surface area contributed by atoms with Gasteiger partial charge < -0.3 is 22.7 Å². The van der Waals surface area contributed by atoms with Gasteiger partial charge in [-0.2, -0.15) is 0 Å². The average molecular weight is 549 g/mol. The van der Waals surface area contributed by atoms with Crippen molar-refractivity contribution in [3.05, 3.63) is 126 Å². The van der Waals surface area contributed by atoms with Crippen molar-refractivity contribution in [2.45, 2.75) is 44.2 Å². The van der Waals surface area contributed by atoms with Gasteiger partial charge in [-0.15, -0.1) is 0 Å². The third kappa shape index (κ3) is 4.62. The smallest absolute Gasteiger partial charge is 0.253 e. The zero-order chi connectivity index (χ0) is 24.4. The molecule has 1 amide bonds. The number of carbonyl (C=O) groups is 1. The number of halogens is 2. The van der Waals surface area contributed by atoms with E-state index in [1.807, 2.05) is 72.8 Å². The van der Waals surface area contributed by atoms with Crippen molar-refractivity contribution in [2.24, 2.45) is 11.7 Å². The Morgan fingerprint density at radius 3 is 2.11 bits per heavy atom. The first-order chi connectivity index (χ1) is 17.0. The molecular weight excluding hydrogens is 517 g/mol. The van der Waals surface area contributed by atoms with Crippen molar-refractivity contribution in [1.82, 2.24) is 4.57 Å². The lowest BCUT2D eigenvalue weighted by molar-refractivity contribution is -0.694. The molecule has 1 aliphatic rings. The molecule has 1 heterocycles. The van der Waals surface area contributed by atoms with Crippen LogP contribution in [0.4, 0.5) is 4.39 Å². The van der Waals surface area contributed by atoms with Crippen LogP contribution in [0.2, 0.25) is 0 Å². The maximum absolute atomic E-state index is 13.3.